The maximum atomic E-state index is 11.7. The van der Waals surface area contributed by atoms with Gasteiger partial charge in [-0.1, -0.05) is 0 Å². The van der Waals surface area contributed by atoms with Crippen molar-refractivity contribution in [3.8, 4) is 5.75 Å². The van der Waals surface area contributed by atoms with E-state index in [-0.39, 0.29) is 11.5 Å². The molecule has 0 atom stereocenters. The summed E-state index contributed by atoms with van der Waals surface area (Å²) in [6, 6.07) is 6.59. The predicted octanol–water partition coefficient (Wildman–Crippen LogP) is 2.23. The average Bonchev–Trinajstić information content (AvgIpc) is 2.44. The first-order chi connectivity index (χ1) is 9.06. The maximum absolute atomic E-state index is 11.7. The number of pyridine rings is 1. The first kappa shape index (κ1) is 13.0. The molecule has 98 valence electrons. The number of nitrogens with zero attached hydrogens (tertiary/aromatic N) is 1. The lowest BCUT2D eigenvalue weighted by atomic mass is 10.0. The zero-order valence-electron chi connectivity index (χ0n) is 10.9. The first-order valence-corrected chi connectivity index (χ1v) is 5.65. The average molecular weight is 259 g/mol. The summed E-state index contributed by atoms with van der Waals surface area (Å²) >= 11 is 0. The van der Waals surface area contributed by atoms with Crippen molar-refractivity contribution in [2.24, 2.45) is 0 Å². The lowest BCUT2D eigenvalue weighted by Crippen LogP contribution is -2.07. The number of hydrogen-bond acceptors (Lipinski definition) is 5. The third-order valence-corrected chi connectivity index (χ3v) is 2.79. The highest BCUT2D eigenvalue weighted by atomic mass is 16.5. The van der Waals surface area contributed by atoms with Crippen molar-refractivity contribution in [3.63, 3.8) is 0 Å². The maximum Gasteiger partial charge on any atom is 0.356 e. The van der Waals surface area contributed by atoms with Crippen LogP contribution in [-0.2, 0) is 4.74 Å². The van der Waals surface area contributed by atoms with E-state index < -0.39 is 5.97 Å². The minimum absolute atomic E-state index is 0.116. The summed E-state index contributed by atoms with van der Waals surface area (Å²) < 4.78 is 9.75. The normalized spacial score (nSPS) is 10.3. The van der Waals surface area contributed by atoms with Gasteiger partial charge in [0.1, 0.15) is 11.4 Å². The van der Waals surface area contributed by atoms with Crippen LogP contribution in [0.4, 0.5) is 0 Å². The number of esters is 1. The van der Waals surface area contributed by atoms with E-state index in [1.807, 2.05) is 0 Å². The van der Waals surface area contributed by atoms with Crippen LogP contribution < -0.4 is 4.74 Å². The van der Waals surface area contributed by atoms with Crippen LogP contribution in [0.5, 0.6) is 5.75 Å². The Morgan fingerprint density at radius 2 is 1.89 bits per heavy atom. The van der Waals surface area contributed by atoms with E-state index in [0.717, 1.165) is 0 Å². The number of benzene rings is 1. The van der Waals surface area contributed by atoms with E-state index in [1.165, 1.54) is 20.1 Å². The van der Waals surface area contributed by atoms with Gasteiger partial charge in [0, 0.05) is 10.9 Å². The summed E-state index contributed by atoms with van der Waals surface area (Å²) in [7, 11) is 2.82. The molecular formula is C14H13NO4. The quantitative estimate of drug-likeness (QED) is 0.624. The SMILES string of the molecule is COC(=O)c1cc(C(C)=O)c2cc(OC)ccc2n1. The second-order valence-electron chi connectivity index (χ2n) is 3.99. The van der Waals surface area contributed by atoms with E-state index in [1.54, 1.807) is 25.3 Å². The Labute approximate surface area is 110 Å². The Kier molecular flexibility index (Phi) is 3.46. The highest BCUT2D eigenvalue weighted by Crippen LogP contribution is 2.24. The topological polar surface area (TPSA) is 65.5 Å². The van der Waals surface area contributed by atoms with Crippen molar-refractivity contribution in [1.29, 1.82) is 0 Å². The van der Waals surface area contributed by atoms with E-state index in [9.17, 15) is 9.59 Å². The van der Waals surface area contributed by atoms with Gasteiger partial charge in [0.05, 0.1) is 19.7 Å². The fourth-order valence-corrected chi connectivity index (χ4v) is 1.83. The second-order valence-corrected chi connectivity index (χ2v) is 3.99. The summed E-state index contributed by atoms with van der Waals surface area (Å²) in [6.45, 7) is 1.44. The molecule has 0 aliphatic rings. The van der Waals surface area contributed by atoms with Crippen LogP contribution >= 0.6 is 0 Å². The van der Waals surface area contributed by atoms with Gasteiger partial charge in [0.2, 0.25) is 0 Å². The van der Waals surface area contributed by atoms with Crippen LogP contribution in [0.2, 0.25) is 0 Å². The van der Waals surface area contributed by atoms with Crippen LogP contribution in [0.15, 0.2) is 24.3 Å². The molecular weight excluding hydrogens is 246 g/mol. The molecule has 0 unspecified atom stereocenters. The summed E-state index contributed by atoms with van der Waals surface area (Å²) in [4.78, 5) is 27.4. The Balaban J connectivity index is 2.75. The van der Waals surface area contributed by atoms with E-state index in [2.05, 4.69) is 9.72 Å². The zero-order valence-corrected chi connectivity index (χ0v) is 10.9. The Morgan fingerprint density at radius 3 is 2.47 bits per heavy atom. The van der Waals surface area contributed by atoms with Gasteiger partial charge in [-0.25, -0.2) is 9.78 Å². The number of aromatic nitrogens is 1. The number of Topliss-reactive ketones (excluding diaryl/α,β-unsaturated/α-hetero) is 1. The molecule has 0 saturated carbocycles. The number of fused-ring (bicyclic) bond motifs is 1. The van der Waals surface area contributed by atoms with Gasteiger partial charge >= 0.3 is 5.97 Å². The molecule has 0 radical (unpaired) electrons. The van der Waals surface area contributed by atoms with E-state index >= 15 is 0 Å². The van der Waals surface area contributed by atoms with Crippen LogP contribution in [-0.4, -0.2) is 31.0 Å². The largest absolute Gasteiger partial charge is 0.497 e. The molecule has 0 amide bonds. The molecule has 5 nitrogen and oxygen atoms in total. The Morgan fingerprint density at radius 1 is 1.16 bits per heavy atom. The molecule has 5 heteroatoms. The van der Waals surface area contributed by atoms with Gasteiger partial charge in [0.15, 0.2) is 5.78 Å². The minimum Gasteiger partial charge on any atom is -0.497 e. The molecule has 1 heterocycles. The van der Waals surface area contributed by atoms with E-state index in [4.69, 9.17) is 4.74 Å². The summed E-state index contributed by atoms with van der Waals surface area (Å²) in [5.41, 5.74) is 1.09. The monoisotopic (exact) mass is 259 g/mol. The number of ketones is 1. The number of rotatable bonds is 3. The molecule has 1 aromatic heterocycles. The third-order valence-electron chi connectivity index (χ3n) is 2.79. The Bertz CT molecular complexity index is 664. The molecule has 2 rings (SSSR count). The molecule has 0 N–H and O–H groups in total. The van der Waals surface area contributed by atoms with Crippen molar-refractivity contribution in [2.45, 2.75) is 6.92 Å². The number of methoxy groups -OCH3 is 2. The number of carbonyl (C=O) groups is 2. The van der Waals surface area contributed by atoms with Crippen molar-refractivity contribution in [2.75, 3.05) is 14.2 Å². The fraction of sp³-hybridized carbons (Fsp3) is 0.214. The number of ether oxygens (including phenoxy) is 2. The standard InChI is InChI=1S/C14H13NO4/c1-8(16)10-7-13(14(17)19-3)15-12-5-4-9(18-2)6-11(10)12/h4-7H,1-3H3. The number of carbonyl (C=O) groups excluding carboxylic acids is 2. The molecule has 0 aliphatic heterocycles. The lowest BCUT2D eigenvalue weighted by Gasteiger charge is -2.08. The molecule has 0 bridgehead atoms. The summed E-state index contributed by atoms with van der Waals surface area (Å²) in [6.07, 6.45) is 0. The van der Waals surface area contributed by atoms with Crippen LogP contribution in [0.1, 0.15) is 27.8 Å². The van der Waals surface area contributed by atoms with Crippen LogP contribution in [0.3, 0.4) is 0 Å². The van der Waals surface area contributed by atoms with Crippen molar-refractivity contribution in [3.05, 3.63) is 35.5 Å². The first-order valence-electron chi connectivity index (χ1n) is 5.65. The smallest absolute Gasteiger partial charge is 0.356 e. The lowest BCUT2D eigenvalue weighted by molar-refractivity contribution is 0.0594. The molecule has 19 heavy (non-hydrogen) atoms. The van der Waals surface area contributed by atoms with Gasteiger partial charge in [-0.15, -0.1) is 0 Å². The van der Waals surface area contributed by atoms with Crippen molar-refractivity contribution in [1.82, 2.24) is 4.98 Å². The van der Waals surface area contributed by atoms with Gasteiger partial charge in [0.25, 0.3) is 0 Å². The fourth-order valence-electron chi connectivity index (χ4n) is 1.83. The molecule has 0 fully saturated rings. The summed E-state index contributed by atoms with van der Waals surface area (Å²) in [5, 5.41) is 0.652. The highest BCUT2D eigenvalue weighted by Gasteiger charge is 2.15. The van der Waals surface area contributed by atoms with Crippen LogP contribution in [0, 0.1) is 0 Å². The molecule has 0 spiro atoms. The van der Waals surface area contributed by atoms with Gasteiger partial charge in [-0.05, 0) is 31.2 Å². The summed E-state index contributed by atoms with van der Waals surface area (Å²) in [5.74, 6) is -0.0892. The van der Waals surface area contributed by atoms with Gasteiger partial charge < -0.3 is 9.47 Å². The molecule has 0 saturated heterocycles. The minimum atomic E-state index is -0.569. The zero-order chi connectivity index (χ0) is 14.0. The molecule has 2 aromatic rings. The van der Waals surface area contributed by atoms with Crippen molar-refractivity contribution < 1.29 is 19.1 Å². The Hall–Kier alpha value is -2.43. The van der Waals surface area contributed by atoms with E-state index in [0.29, 0.717) is 22.2 Å². The molecule has 0 aliphatic carbocycles. The highest BCUT2D eigenvalue weighted by molar-refractivity contribution is 6.08. The number of hydrogen-bond donors (Lipinski definition) is 0. The second kappa shape index (κ2) is 5.06. The predicted molar refractivity (Wildman–Crippen MR) is 69.6 cm³/mol. The van der Waals surface area contributed by atoms with Gasteiger partial charge in [-0.2, -0.15) is 0 Å². The van der Waals surface area contributed by atoms with Crippen LogP contribution in [0.25, 0.3) is 10.9 Å². The molecule has 1 aromatic carbocycles. The van der Waals surface area contributed by atoms with Crippen molar-refractivity contribution >= 4 is 22.7 Å². The third kappa shape index (κ3) is 2.40. The van der Waals surface area contributed by atoms with Gasteiger partial charge in [-0.3, -0.25) is 4.79 Å².